The third-order valence-corrected chi connectivity index (χ3v) is 3.89. The average Bonchev–Trinajstić information content (AvgIpc) is 3.00. The van der Waals surface area contributed by atoms with E-state index in [-0.39, 0.29) is 18.4 Å². The predicted octanol–water partition coefficient (Wildman–Crippen LogP) is 2.23. The summed E-state index contributed by atoms with van der Waals surface area (Å²) in [5.74, 6) is 0.121. The van der Waals surface area contributed by atoms with E-state index in [1.54, 1.807) is 26.2 Å². The Morgan fingerprint density at radius 3 is 2.45 bits per heavy atom. The molecule has 1 aromatic rings. The molecular weight excluding hydrogens is 282 g/mol. The first kappa shape index (κ1) is 16.3. The van der Waals surface area contributed by atoms with Crippen LogP contribution < -0.4 is 10.1 Å². The summed E-state index contributed by atoms with van der Waals surface area (Å²) in [7, 11) is 1.59. The van der Waals surface area contributed by atoms with Gasteiger partial charge in [0.1, 0.15) is 5.75 Å². The van der Waals surface area contributed by atoms with Gasteiger partial charge in [-0.15, -0.1) is 0 Å². The summed E-state index contributed by atoms with van der Waals surface area (Å²) in [4.78, 5) is 23.9. The first-order valence-corrected chi connectivity index (χ1v) is 7.71. The number of nitrogens with one attached hydrogen (secondary N) is 1. The van der Waals surface area contributed by atoms with Gasteiger partial charge >= 0.3 is 5.97 Å². The van der Waals surface area contributed by atoms with Crippen LogP contribution in [0.2, 0.25) is 0 Å². The zero-order valence-corrected chi connectivity index (χ0v) is 13.1. The molecule has 5 nitrogen and oxygen atoms in total. The van der Waals surface area contributed by atoms with Gasteiger partial charge in [0.05, 0.1) is 13.5 Å². The smallest absolute Gasteiger partial charge is 0.311 e. The van der Waals surface area contributed by atoms with E-state index >= 15 is 0 Å². The number of rotatable bonds is 6. The van der Waals surface area contributed by atoms with Crippen molar-refractivity contribution in [3.63, 3.8) is 0 Å². The van der Waals surface area contributed by atoms with Gasteiger partial charge in [-0.05, 0) is 37.5 Å². The number of benzene rings is 1. The SMILES string of the molecule is COc1ccc(CC(=O)O[C@@H](C)C(=O)NC2CCCC2)cc1. The highest BCUT2D eigenvalue weighted by Crippen LogP contribution is 2.18. The van der Waals surface area contributed by atoms with Crippen LogP contribution in [0.3, 0.4) is 0 Å². The van der Waals surface area contributed by atoms with Crippen molar-refractivity contribution >= 4 is 11.9 Å². The van der Waals surface area contributed by atoms with Gasteiger partial charge < -0.3 is 14.8 Å². The van der Waals surface area contributed by atoms with Gasteiger partial charge in [-0.25, -0.2) is 0 Å². The molecule has 0 saturated heterocycles. The molecular formula is C17H23NO4. The van der Waals surface area contributed by atoms with Gasteiger partial charge in [-0.3, -0.25) is 9.59 Å². The fourth-order valence-corrected chi connectivity index (χ4v) is 2.59. The summed E-state index contributed by atoms with van der Waals surface area (Å²) in [6.45, 7) is 1.61. The van der Waals surface area contributed by atoms with E-state index in [1.165, 1.54) is 0 Å². The molecule has 0 bridgehead atoms. The maximum atomic E-state index is 12.0. The zero-order valence-electron chi connectivity index (χ0n) is 13.1. The molecule has 1 aromatic carbocycles. The van der Waals surface area contributed by atoms with Gasteiger partial charge in [-0.2, -0.15) is 0 Å². The van der Waals surface area contributed by atoms with E-state index in [0.717, 1.165) is 37.0 Å². The Bertz CT molecular complexity index is 506. The lowest BCUT2D eigenvalue weighted by Crippen LogP contribution is -2.41. The van der Waals surface area contributed by atoms with Crippen molar-refractivity contribution in [3.8, 4) is 5.75 Å². The number of carbonyl (C=O) groups excluding carboxylic acids is 2. The quantitative estimate of drug-likeness (QED) is 0.819. The second-order valence-corrected chi connectivity index (χ2v) is 5.65. The Kier molecular flexibility index (Phi) is 5.81. The lowest BCUT2D eigenvalue weighted by atomic mass is 10.1. The highest BCUT2D eigenvalue weighted by molar-refractivity contribution is 5.84. The molecule has 0 unspecified atom stereocenters. The van der Waals surface area contributed by atoms with Crippen LogP contribution in [0.4, 0.5) is 0 Å². The van der Waals surface area contributed by atoms with Crippen LogP contribution in [0, 0.1) is 0 Å². The van der Waals surface area contributed by atoms with Crippen LogP contribution in [0.5, 0.6) is 5.75 Å². The number of carbonyl (C=O) groups is 2. The lowest BCUT2D eigenvalue weighted by molar-refractivity contribution is -0.154. The standard InChI is InChI=1S/C17H23NO4/c1-12(17(20)18-14-5-3-4-6-14)22-16(19)11-13-7-9-15(21-2)10-8-13/h7-10,12,14H,3-6,11H2,1-2H3,(H,18,20)/t12-/m0/s1. The second kappa shape index (κ2) is 7.82. The van der Waals surface area contributed by atoms with Crippen molar-refractivity contribution in [1.82, 2.24) is 5.32 Å². The molecule has 1 fully saturated rings. The molecule has 0 heterocycles. The normalized spacial score (nSPS) is 16.1. The molecule has 2 rings (SSSR count). The van der Waals surface area contributed by atoms with Gasteiger partial charge in [-0.1, -0.05) is 25.0 Å². The summed E-state index contributed by atoms with van der Waals surface area (Å²) in [5, 5.41) is 2.93. The summed E-state index contributed by atoms with van der Waals surface area (Å²) in [6, 6.07) is 7.43. The van der Waals surface area contributed by atoms with Crippen molar-refractivity contribution in [2.45, 2.75) is 51.2 Å². The van der Waals surface area contributed by atoms with Gasteiger partial charge in [0.15, 0.2) is 6.10 Å². The molecule has 0 spiro atoms. The first-order valence-electron chi connectivity index (χ1n) is 7.71. The van der Waals surface area contributed by atoms with Crippen LogP contribution in [0.25, 0.3) is 0 Å². The predicted molar refractivity (Wildman–Crippen MR) is 82.7 cm³/mol. The highest BCUT2D eigenvalue weighted by atomic mass is 16.5. The number of hydrogen-bond acceptors (Lipinski definition) is 4. The summed E-state index contributed by atoms with van der Waals surface area (Å²) < 4.78 is 10.3. The number of methoxy groups -OCH3 is 1. The molecule has 5 heteroatoms. The van der Waals surface area contributed by atoms with Crippen molar-refractivity contribution in [3.05, 3.63) is 29.8 Å². The number of esters is 1. The molecule has 120 valence electrons. The summed E-state index contributed by atoms with van der Waals surface area (Å²) >= 11 is 0. The molecule has 1 atom stereocenters. The Balaban J connectivity index is 1.78. The van der Waals surface area contributed by atoms with Gasteiger partial charge in [0, 0.05) is 6.04 Å². The largest absolute Gasteiger partial charge is 0.497 e. The molecule has 22 heavy (non-hydrogen) atoms. The van der Waals surface area contributed by atoms with Crippen LogP contribution >= 0.6 is 0 Å². The molecule has 1 amide bonds. The molecule has 1 aliphatic carbocycles. The van der Waals surface area contributed by atoms with E-state index in [0.29, 0.717) is 0 Å². The summed E-state index contributed by atoms with van der Waals surface area (Å²) in [5.41, 5.74) is 0.828. The topological polar surface area (TPSA) is 64.6 Å². The third kappa shape index (κ3) is 4.76. The van der Waals surface area contributed by atoms with Crippen LogP contribution in [0.15, 0.2) is 24.3 Å². The van der Waals surface area contributed by atoms with E-state index in [1.807, 2.05) is 12.1 Å². The van der Waals surface area contributed by atoms with Crippen molar-refractivity contribution in [2.24, 2.45) is 0 Å². The van der Waals surface area contributed by atoms with E-state index < -0.39 is 12.1 Å². The number of hydrogen-bond donors (Lipinski definition) is 1. The molecule has 0 radical (unpaired) electrons. The minimum Gasteiger partial charge on any atom is -0.497 e. The average molecular weight is 305 g/mol. The van der Waals surface area contributed by atoms with Crippen LogP contribution in [-0.2, 0) is 20.7 Å². The Morgan fingerprint density at radius 1 is 1.23 bits per heavy atom. The second-order valence-electron chi connectivity index (χ2n) is 5.65. The lowest BCUT2D eigenvalue weighted by Gasteiger charge is -2.17. The number of amides is 1. The van der Waals surface area contributed by atoms with Crippen LogP contribution in [-0.4, -0.2) is 31.1 Å². The van der Waals surface area contributed by atoms with E-state index in [9.17, 15) is 9.59 Å². The molecule has 0 aromatic heterocycles. The molecule has 0 aliphatic heterocycles. The maximum absolute atomic E-state index is 12.0. The van der Waals surface area contributed by atoms with E-state index in [2.05, 4.69) is 5.32 Å². The summed E-state index contributed by atoms with van der Waals surface area (Å²) in [6.07, 6.45) is 3.71. The Labute approximate surface area is 131 Å². The van der Waals surface area contributed by atoms with Crippen molar-refractivity contribution < 1.29 is 19.1 Å². The first-order chi connectivity index (χ1) is 10.6. The van der Waals surface area contributed by atoms with Crippen molar-refractivity contribution in [2.75, 3.05) is 7.11 Å². The fraction of sp³-hybridized carbons (Fsp3) is 0.529. The third-order valence-electron chi connectivity index (χ3n) is 3.89. The van der Waals surface area contributed by atoms with Gasteiger partial charge in [0.25, 0.3) is 5.91 Å². The fourth-order valence-electron chi connectivity index (χ4n) is 2.59. The zero-order chi connectivity index (χ0) is 15.9. The van der Waals surface area contributed by atoms with Gasteiger partial charge in [0.2, 0.25) is 0 Å². The van der Waals surface area contributed by atoms with Crippen molar-refractivity contribution in [1.29, 1.82) is 0 Å². The number of ether oxygens (including phenoxy) is 2. The monoisotopic (exact) mass is 305 g/mol. The van der Waals surface area contributed by atoms with E-state index in [4.69, 9.17) is 9.47 Å². The minimum absolute atomic E-state index is 0.144. The Hall–Kier alpha value is -2.04. The maximum Gasteiger partial charge on any atom is 0.311 e. The molecule has 1 N–H and O–H groups in total. The molecule has 1 saturated carbocycles. The Morgan fingerprint density at radius 2 is 1.86 bits per heavy atom. The molecule has 1 aliphatic rings. The highest BCUT2D eigenvalue weighted by Gasteiger charge is 2.23. The minimum atomic E-state index is -0.758. The van der Waals surface area contributed by atoms with Crippen LogP contribution in [0.1, 0.15) is 38.2 Å².